The SMILES string of the molecule is CN(c1ccc(NC(=O)Nc2ccccc2)cc1)S(=O)(=O)c1ccc(-c2ccnn2CCO)s1. The van der Waals surface area contributed by atoms with Crippen LogP contribution in [0.3, 0.4) is 0 Å². The molecule has 4 rings (SSSR count). The topological polar surface area (TPSA) is 117 Å². The fourth-order valence-electron chi connectivity index (χ4n) is 3.25. The number of aliphatic hydroxyl groups is 1. The van der Waals surface area contributed by atoms with E-state index in [4.69, 9.17) is 0 Å². The van der Waals surface area contributed by atoms with Crippen LogP contribution in [0.15, 0.2) is 83.2 Å². The second-order valence-corrected chi connectivity index (χ2v) is 10.5. The molecule has 0 spiro atoms. The van der Waals surface area contributed by atoms with Crippen molar-refractivity contribution in [1.82, 2.24) is 9.78 Å². The molecule has 34 heavy (non-hydrogen) atoms. The number of benzene rings is 2. The van der Waals surface area contributed by atoms with E-state index in [1.54, 1.807) is 65.5 Å². The lowest BCUT2D eigenvalue weighted by Gasteiger charge is -2.19. The number of rotatable bonds is 8. The number of urea groups is 1. The molecule has 0 aliphatic carbocycles. The van der Waals surface area contributed by atoms with Gasteiger partial charge in [-0.25, -0.2) is 13.2 Å². The molecule has 2 amide bonds. The van der Waals surface area contributed by atoms with Gasteiger partial charge < -0.3 is 15.7 Å². The smallest absolute Gasteiger partial charge is 0.323 e. The molecule has 0 saturated carbocycles. The number of carbonyl (C=O) groups is 1. The maximum Gasteiger partial charge on any atom is 0.323 e. The lowest BCUT2D eigenvalue weighted by Crippen LogP contribution is -2.25. The maximum absolute atomic E-state index is 13.2. The van der Waals surface area contributed by atoms with Crippen molar-refractivity contribution >= 4 is 44.5 Å². The van der Waals surface area contributed by atoms with Crippen molar-refractivity contribution < 1.29 is 18.3 Å². The van der Waals surface area contributed by atoms with Crippen LogP contribution in [-0.4, -0.2) is 43.0 Å². The summed E-state index contributed by atoms with van der Waals surface area (Å²) in [6.45, 7) is 0.263. The number of hydrogen-bond acceptors (Lipinski definition) is 6. The summed E-state index contributed by atoms with van der Waals surface area (Å²) in [7, 11) is -2.31. The van der Waals surface area contributed by atoms with Gasteiger partial charge in [0, 0.05) is 24.6 Å². The minimum absolute atomic E-state index is 0.0628. The van der Waals surface area contributed by atoms with E-state index in [2.05, 4.69) is 15.7 Å². The number of thiophene rings is 1. The van der Waals surface area contributed by atoms with Gasteiger partial charge in [0.25, 0.3) is 10.0 Å². The molecule has 9 nitrogen and oxygen atoms in total. The Hall–Kier alpha value is -3.67. The van der Waals surface area contributed by atoms with Crippen LogP contribution in [0.5, 0.6) is 0 Å². The van der Waals surface area contributed by atoms with Crippen LogP contribution in [-0.2, 0) is 16.6 Å². The molecule has 0 fully saturated rings. The number of amides is 2. The summed E-state index contributed by atoms with van der Waals surface area (Å²) in [5, 5.41) is 18.8. The summed E-state index contributed by atoms with van der Waals surface area (Å²) in [5.41, 5.74) is 2.39. The molecule has 0 aliphatic heterocycles. The van der Waals surface area contributed by atoms with Crippen molar-refractivity contribution in [2.45, 2.75) is 10.8 Å². The summed E-state index contributed by atoms with van der Waals surface area (Å²) in [5.74, 6) is 0. The molecule has 4 aromatic rings. The Balaban J connectivity index is 1.46. The van der Waals surface area contributed by atoms with Crippen LogP contribution in [0.2, 0.25) is 0 Å². The monoisotopic (exact) mass is 497 g/mol. The Morgan fingerprint density at radius 3 is 2.35 bits per heavy atom. The van der Waals surface area contributed by atoms with Crippen molar-refractivity contribution in [3.05, 3.63) is 79.0 Å². The van der Waals surface area contributed by atoms with Gasteiger partial charge in [0.2, 0.25) is 0 Å². The molecule has 2 aromatic carbocycles. The summed E-state index contributed by atoms with van der Waals surface area (Å²) in [4.78, 5) is 12.9. The predicted molar refractivity (Wildman–Crippen MR) is 134 cm³/mol. The maximum atomic E-state index is 13.2. The third-order valence-electron chi connectivity index (χ3n) is 5.00. The number of hydrogen-bond donors (Lipinski definition) is 3. The first kappa shape index (κ1) is 23.5. The Bertz CT molecular complexity index is 1370. The van der Waals surface area contributed by atoms with Gasteiger partial charge in [-0.3, -0.25) is 8.99 Å². The fourth-order valence-corrected chi connectivity index (χ4v) is 5.96. The molecule has 3 N–H and O–H groups in total. The molecular formula is C23H23N5O4S2. The van der Waals surface area contributed by atoms with E-state index in [1.165, 1.54) is 11.4 Å². The van der Waals surface area contributed by atoms with E-state index >= 15 is 0 Å². The summed E-state index contributed by atoms with van der Waals surface area (Å²) < 4.78 is 29.4. The highest BCUT2D eigenvalue weighted by Crippen LogP contribution is 2.33. The van der Waals surface area contributed by atoms with Crippen LogP contribution in [0.25, 0.3) is 10.6 Å². The molecule has 0 bridgehead atoms. The molecule has 0 saturated heterocycles. The quantitative estimate of drug-likeness (QED) is 0.339. The van der Waals surface area contributed by atoms with Crippen molar-refractivity contribution in [3.63, 3.8) is 0 Å². The number of aliphatic hydroxyl groups excluding tert-OH is 1. The minimum atomic E-state index is -3.79. The highest BCUT2D eigenvalue weighted by Gasteiger charge is 2.24. The Labute approximate surface area is 201 Å². The van der Waals surface area contributed by atoms with Crippen LogP contribution < -0.4 is 14.9 Å². The molecular weight excluding hydrogens is 474 g/mol. The lowest BCUT2D eigenvalue weighted by molar-refractivity contribution is 0.262. The van der Waals surface area contributed by atoms with Gasteiger partial charge in [0.1, 0.15) is 4.21 Å². The molecule has 2 aromatic heterocycles. The zero-order valence-electron chi connectivity index (χ0n) is 18.2. The van der Waals surface area contributed by atoms with Crippen molar-refractivity contribution in [1.29, 1.82) is 0 Å². The van der Waals surface area contributed by atoms with Gasteiger partial charge in [-0.2, -0.15) is 5.10 Å². The third kappa shape index (κ3) is 5.11. The molecule has 0 radical (unpaired) electrons. The normalized spacial score (nSPS) is 11.2. The second-order valence-electron chi connectivity index (χ2n) is 7.25. The average molecular weight is 498 g/mol. The first-order chi connectivity index (χ1) is 16.4. The van der Waals surface area contributed by atoms with E-state index < -0.39 is 16.1 Å². The fraction of sp³-hybridized carbons (Fsp3) is 0.130. The standard InChI is InChI=1S/C23H23N5O4S2/c1-27(19-9-7-18(8-10-19)26-23(30)25-17-5-3-2-4-6-17)34(31,32)22-12-11-21(33-22)20-13-14-24-28(20)15-16-29/h2-14,29H,15-16H2,1H3,(H2,25,26,30). The number of nitrogens with zero attached hydrogens (tertiary/aromatic N) is 3. The molecule has 0 aliphatic rings. The summed E-state index contributed by atoms with van der Waals surface area (Å²) >= 11 is 1.14. The van der Waals surface area contributed by atoms with E-state index in [-0.39, 0.29) is 10.8 Å². The number of para-hydroxylation sites is 1. The molecule has 0 atom stereocenters. The Kier molecular flexibility index (Phi) is 6.96. The van der Waals surface area contributed by atoms with Crippen LogP contribution in [0, 0.1) is 0 Å². The van der Waals surface area contributed by atoms with Crippen molar-refractivity contribution in [2.24, 2.45) is 0 Å². The summed E-state index contributed by atoms with van der Waals surface area (Å²) in [6.07, 6.45) is 1.61. The van der Waals surface area contributed by atoms with Crippen LogP contribution in [0.1, 0.15) is 0 Å². The highest BCUT2D eigenvalue weighted by molar-refractivity contribution is 7.94. The van der Waals surface area contributed by atoms with Gasteiger partial charge in [0.15, 0.2) is 0 Å². The Morgan fingerprint density at radius 1 is 1.00 bits per heavy atom. The number of anilines is 3. The van der Waals surface area contributed by atoms with Gasteiger partial charge >= 0.3 is 6.03 Å². The van der Waals surface area contributed by atoms with E-state index in [9.17, 15) is 18.3 Å². The highest BCUT2D eigenvalue weighted by atomic mass is 32.2. The third-order valence-corrected chi connectivity index (χ3v) is 8.36. The molecule has 0 unspecified atom stereocenters. The lowest BCUT2D eigenvalue weighted by atomic mass is 10.3. The molecule has 2 heterocycles. The zero-order chi connectivity index (χ0) is 24.1. The van der Waals surface area contributed by atoms with E-state index in [0.29, 0.717) is 23.6 Å². The van der Waals surface area contributed by atoms with Gasteiger partial charge in [-0.05, 0) is 54.6 Å². The van der Waals surface area contributed by atoms with Gasteiger partial charge in [-0.15, -0.1) is 11.3 Å². The molecule has 11 heteroatoms. The zero-order valence-corrected chi connectivity index (χ0v) is 19.9. The van der Waals surface area contributed by atoms with Gasteiger partial charge in [-0.1, -0.05) is 18.2 Å². The number of carbonyl (C=O) groups excluding carboxylic acids is 1. The minimum Gasteiger partial charge on any atom is -0.394 e. The van der Waals surface area contributed by atoms with Crippen molar-refractivity contribution in [2.75, 3.05) is 28.6 Å². The van der Waals surface area contributed by atoms with E-state index in [1.807, 2.05) is 18.2 Å². The van der Waals surface area contributed by atoms with Gasteiger partial charge in [0.05, 0.1) is 29.4 Å². The van der Waals surface area contributed by atoms with Crippen LogP contribution in [0.4, 0.5) is 21.9 Å². The number of nitrogens with one attached hydrogen (secondary N) is 2. The number of aromatic nitrogens is 2. The summed E-state index contributed by atoms with van der Waals surface area (Å²) in [6, 6.07) is 20.3. The first-order valence-electron chi connectivity index (χ1n) is 10.3. The number of sulfonamides is 1. The van der Waals surface area contributed by atoms with Crippen LogP contribution >= 0.6 is 11.3 Å². The second kappa shape index (κ2) is 10.1. The predicted octanol–water partition coefficient (Wildman–Crippen LogP) is 4.07. The average Bonchev–Trinajstić information content (AvgIpc) is 3.50. The first-order valence-corrected chi connectivity index (χ1v) is 12.6. The van der Waals surface area contributed by atoms with E-state index in [0.717, 1.165) is 21.9 Å². The molecule has 176 valence electrons. The Morgan fingerprint density at radius 2 is 1.68 bits per heavy atom. The largest absolute Gasteiger partial charge is 0.394 e. The van der Waals surface area contributed by atoms with Crippen molar-refractivity contribution in [3.8, 4) is 10.6 Å².